The highest BCUT2D eigenvalue weighted by atomic mass is 32.2. The molecule has 0 atom stereocenters. The van der Waals surface area contributed by atoms with E-state index < -0.39 is 22.5 Å². The second-order valence-electron chi connectivity index (χ2n) is 8.70. The van der Waals surface area contributed by atoms with Crippen LogP contribution in [0.15, 0.2) is 94.9 Å². The number of nitrogens with zero attached hydrogens (tertiary/aromatic N) is 2. The van der Waals surface area contributed by atoms with Gasteiger partial charge in [-0.25, -0.2) is 13.8 Å². The number of hydrogen-bond acceptors (Lipinski definition) is 5. The van der Waals surface area contributed by atoms with E-state index in [0.717, 1.165) is 28.1 Å². The molecule has 0 bridgehead atoms. The summed E-state index contributed by atoms with van der Waals surface area (Å²) >= 11 is 0. The topological polar surface area (TPSA) is 88.1 Å². The van der Waals surface area contributed by atoms with Gasteiger partial charge in [0.1, 0.15) is 12.3 Å². The van der Waals surface area contributed by atoms with Gasteiger partial charge in [0.25, 0.3) is 15.9 Å². The van der Waals surface area contributed by atoms with Gasteiger partial charge < -0.3 is 4.74 Å². The highest BCUT2D eigenvalue weighted by Gasteiger charge is 2.27. The van der Waals surface area contributed by atoms with E-state index in [1.54, 1.807) is 48.7 Å². The summed E-state index contributed by atoms with van der Waals surface area (Å²) in [6.45, 7) is 1.92. The molecule has 0 saturated carbocycles. The molecule has 5 rings (SSSR count). The molecule has 7 nitrogen and oxygen atoms in total. The Bertz CT molecular complexity index is 1560. The quantitative estimate of drug-likeness (QED) is 0.260. The average molecular weight is 514 g/mol. The van der Waals surface area contributed by atoms with Gasteiger partial charge in [-0.05, 0) is 78.1 Å². The minimum Gasteiger partial charge on any atom is -0.494 e. The van der Waals surface area contributed by atoms with Gasteiger partial charge in [0.2, 0.25) is 0 Å². The molecule has 0 fully saturated rings. The number of benzene rings is 4. The molecule has 0 aliphatic heterocycles. The summed E-state index contributed by atoms with van der Waals surface area (Å²) in [7, 11) is -4.00. The highest BCUT2D eigenvalue weighted by molar-refractivity contribution is 7.92. The molecule has 1 N–H and O–H groups in total. The Morgan fingerprint density at radius 1 is 0.946 bits per heavy atom. The zero-order chi connectivity index (χ0) is 25.8. The first-order chi connectivity index (χ1) is 18.0. The third-order valence-electron chi connectivity index (χ3n) is 6.36. The predicted octanol–water partition coefficient (Wildman–Crippen LogP) is 4.68. The van der Waals surface area contributed by atoms with Crippen molar-refractivity contribution in [2.45, 2.75) is 24.7 Å². The number of carbonyl (C=O) groups excluding carboxylic acids is 1. The van der Waals surface area contributed by atoms with Gasteiger partial charge in [-0.1, -0.05) is 48.5 Å². The first kappa shape index (κ1) is 24.5. The normalized spacial score (nSPS) is 12.7. The summed E-state index contributed by atoms with van der Waals surface area (Å²) in [5.41, 5.74) is 6.38. The van der Waals surface area contributed by atoms with Gasteiger partial charge in [-0.2, -0.15) is 5.10 Å². The number of amides is 1. The lowest BCUT2D eigenvalue weighted by Gasteiger charge is -2.24. The average Bonchev–Trinajstić information content (AvgIpc) is 3.34. The van der Waals surface area contributed by atoms with Crippen LogP contribution in [0.5, 0.6) is 5.75 Å². The molecular weight excluding hydrogens is 486 g/mol. The lowest BCUT2D eigenvalue weighted by molar-refractivity contribution is -0.119. The maximum atomic E-state index is 13.5. The van der Waals surface area contributed by atoms with Crippen LogP contribution >= 0.6 is 0 Å². The van der Waals surface area contributed by atoms with Crippen molar-refractivity contribution in [1.82, 2.24) is 5.43 Å². The molecular formula is C29H27N3O4S. The molecule has 188 valence electrons. The van der Waals surface area contributed by atoms with Crippen molar-refractivity contribution in [3.8, 4) is 5.75 Å². The fraction of sp³-hybridized carbons (Fsp3) is 0.172. The monoisotopic (exact) mass is 513 g/mol. The number of anilines is 1. The number of carbonyl (C=O) groups is 1. The fourth-order valence-electron chi connectivity index (χ4n) is 4.63. The van der Waals surface area contributed by atoms with Crippen molar-refractivity contribution >= 4 is 38.6 Å². The Morgan fingerprint density at radius 2 is 1.68 bits per heavy atom. The first-order valence-electron chi connectivity index (χ1n) is 12.1. The van der Waals surface area contributed by atoms with E-state index in [2.05, 4.69) is 28.7 Å². The fourth-order valence-corrected chi connectivity index (χ4v) is 6.07. The van der Waals surface area contributed by atoms with Gasteiger partial charge in [0, 0.05) is 5.56 Å². The molecule has 0 saturated heterocycles. The molecule has 4 aromatic rings. The van der Waals surface area contributed by atoms with Crippen LogP contribution in [0.1, 0.15) is 23.6 Å². The summed E-state index contributed by atoms with van der Waals surface area (Å²) in [6, 6.07) is 25.0. The van der Waals surface area contributed by atoms with Crippen LogP contribution in [0.25, 0.3) is 10.8 Å². The molecule has 0 aromatic heterocycles. The van der Waals surface area contributed by atoms with Gasteiger partial charge in [-0.3, -0.25) is 9.10 Å². The minimum absolute atomic E-state index is 0.0908. The smallest absolute Gasteiger partial charge is 0.264 e. The third-order valence-corrected chi connectivity index (χ3v) is 8.15. The predicted molar refractivity (Wildman–Crippen MR) is 146 cm³/mol. The molecule has 1 aliphatic rings. The van der Waals surface area contributed by atoms with Crippen LogP contribution in [0.4, 0.5) is 5.69 Å². The van der Waals surface area contributed by atoms with Gasteiger partial charge >= 0.3 is 0 Å². The summed E-state index contributed by atoms with van der Waals surface area (Å²) in [4.78, 5) is 13.0. The van der Waals surface area contributed by atoms with Crippen LogP contribution < -0.4 is 14.5 Å². The van der Waals surface area contributed by atoms with Crippen LogP contribution in [0, 0.1) is 0 Å². The Kier molecular flexibility index (Phi) is 6.92. The lowest BCUT2D eigenvalue weighted by Crippen LogP contribution is -2.39. The van der Waals surface area contributed by atoms with E-state index in [9.17, 15) is 13.2 Å². The van der Waals surface area contributed by atoms with Crippen molar-refractivity contribution in [1.29, 1.82) is 0 Å². The Labute approximate surface area is 216 Å². The second-order valence-corrected chi connectivity index (χ2v) is 10.6. The second kappa shape index (κ2) is 10.4. The highest BCUT2D eigenvalue weighted by Crippen LogP contribution is 2.32. The van der Waals surface area contributed by atoms with E-state index in [-0.39, 0.29) is 4.90 Å². The molecule has 0 heterocycles. The zero-order valence-electron chi connectivity index (χ0n) is 20.4. The lowest BCUT2D eigenvalue weighted by atomic mass is 10.0. The van der Waals surface area contributed by atoms with Crippen molar-refractivity contribution in [3.05, 3.63) is 102 Å². The van der Waals surface area contributed by atoms with E-state index in [1.807, 2.05) is 19.1 Å². The molecule has 0 spiro atoms. The summed E-state index contributed by atoms with van der Waals surface area (Å²) in [6.07, 6.45) is 3.66. The SMILES string of the molecule is CCOc1ccc(N(CC(=O)N/N=C\c2ccc3c4c(cccc24)CC3)S(=O)(=O)c2ccccc2)cc1. The zero-order valence-corrected chi connectivity index (χ0v) is 21.2. The summed E-state index contributed by atoms with van der Waals surface area (Å²) in [5, 5.41) is 6.49. The van der Waals surface area contributed by atoms with Crippen LogP contribution in [0.2, 0.25) is 0 Å². The number of hydrogen-bond donors (Lipinski definition) is 1. The summed E-state index contributed by atoms with van der Waals surface area (Å²) < 4.78 is 33.5. The molecule has 1 amide bonds. The number of nitrogens with one attached hydrogen (secondary N) is 1. The number of sulfonamides is 1. The van der Waals surface area contributed by atoms with Crippen molar-refractivity contribution in [2.75, 3.05) is 17.5 Å². The standard InChI is InChI=1S/C29H27N3O4S/c1-2-36-25-17-15-24(16-18-25)32(37(34,35)26-8-4-3-5-9-26)20-28(33)31-30-19-23-14-13-22-12-11-21-7-6-10-27(23)29(21)22/h3-10,13-19H,2,11-12,20H2,1H3,(H,31,33)/b30-19-. The van der Waals surface area contributed by atoms with Crippen molar-refractivity contribution in [3.63, 3.8) is 0 Å². The van der Waals surface area contributed by atoms with Gasteiger partial charge in [-0.15, -0.1) is 0 Å². The Balaban J connectivity index is 1.38. The molecule has 8 heteroatoms. The van der Waals surface area contributed by atoms with Crippen LogP contribution in [0.3, 0.4) is 0 Å². The van der Waals surface area contributed by atoms with E-state index in [0.29, 0.717) is 18.0 Å². The number of rotatable bonds is 9. The number of ether oxygens (including phenoxy) is 1. The molecule has 1 aliphatic carbocycles. The largest absolute Gasteiger partial charge is 0.494 e. The maximum absolute atomic E-state index is 13.5. The van der Waals surface area contributed by atoms with Gasteiger partial charge in [0.05, 0.1) is 23.4 Å². The molecule has 0 radical (unpaired) electrons. The van der Waals surface area contributed by atoms with Crippen LogP contribution in [-0.4, -0.2) is 33.7 Å². The Hall–Kier alpha value is -4.17. The van der Waals surface area contributed by atoms with Crippen LogP contribution in [-0.2, 0) is 27.7 Å². The minimum atomic E-state index is -4.00. The van der Waals surface area contributed by atoms with E-state index in [1.165, 1.54) is 28.6 Å². The van der Waals surface area contributed by atoms with Gasteiger partial charge in [0.15, 0.2) is 0 Å². The van der Waals surface area contributed by atoms with Crippen molar-refractivity contribution in [2.24, 2.45) is 5.10 Å². The first-order valence-corrected chi connectivity index (χ1v) is 13.6. The van der Waals surface area contributed by atoms with E-state index in [4.69, 9.17) is 4.74 Å². The van der Waals surface area contributed by atoms with Crippen molar-refractivity contribution < 1.29 is 17.9 Å². The Morgan fingerprint density at radius 3 is 2.41 bits per heavy atom. The molecule has 4 aromatic carbocycles. The summed E-state index contributed by atoms with van der Waals surface area (Å²) in [5.74, 6) is 0.0540. The maximum Gasteiger partial charge on any atom is 0.264 e. The molecule has 0 unspecified atom stereocenters. The molecule has 37 heavy (non-hydrogen) atoms. The van der Waals surface area contributed by atoms with E-state index >= 15 is 0 Å². The number of aryl methyl sites for hydroxylation is 2. The number of hydrazone groups is 1. The third kappa shape index (κ3) is 5.06.